The summed E-state index contributed by atoms with van der Waals surface area (Å²) in [5.41, 5.74) is 8.52. The first-order valence-electron chi connectivity index (χ1n) is 14.9. The third-order valence-electron chi connectivity index (χ3n) is 8.18. The molecule has 0 aliphatic carbocycles. The van der Waals surface area contributed by atoms with Crippen LogP contribution in [0.2, 0.25) is 0 Å². The van der Waals surface area contributed by atoms with Crippen LogP contribution in [0.1, 0.15) is 43.0 Å². The van der Waals surface area contributed by atoms with Crippen molar-refractivity contribution >= 4 is 21.8 Å². The van der Waals surface area contributed by atoms with Crippen molar-refractivity contribution in [2.45, 2.75) is 40.0 Å². The van der Waals surface area contributed by atoms with Gasteiger partial charge in [0.05, 0.1) is 18.1 Å². The number of para-hydroxylation sites is 1. The number of aryl methyl sites for hydroxylation is 2. The number of aromatic nitrogens is 4. The van der Waals surface area contributed by atoms with Crippen LogP contribution in [-0.2, 0) is 26.5 Å². The van der Waals surface area contributed by atoms with Crippen LogP contribution in [0.3, 0.4) is 0 Å². The van der Waals surface area contributed by atoms with E-state index in [9.17, 15) is 5.26 Å². The minimum atomic E-state index is -0.0539. The molecule has 46 heavy (non-hydrogen) atoms. The van der Waals surface area contributed by atoms with E-state index in [0.717, 1.165) is 50.1 Å². The Labute approximate surface area is 283 Å². The van der Waals surface area contributed by atoms with Gasteiger partial charge in [-0.1, -0.05) is 56.6 Å². The molecule has 0 radical (unpaired) electrons. The van der Waals surface area contributed by atoms with E-state index in [4.69, 9.17) is 9.72 Å². The number of benzene rings is 4. The van der Waals surface area contributed by atoms with Gasteiger partial charge in [0.25, 0.3) is 0 Å². The largest absolute Gasteiger partial charge is 2.00 e. The Kier molecular flexibility index (Phi) is 8.15. The van der Waals surface area contributed by atoms with Gasteiger partial charge in [0.15, 0.2) is 0 Å². The van der Waals surface area contributed by atoms with E-state index in [-0.39, 0.29) is 26.5 Å². The molecule has 0 spiro atoms. The van der Waals surface area contributed by atoms with Gasteiger partial charge in [-0.25, -0.2) is 4.98 Å². The van der Waals surface area contributed by atoms with Crippen LogP contribution in [0.5, 0.6) is 11.5 Å². The molecule has 3 aromatic heterocycles. The first-order valence-corrected chi connectivity index (χ1v) is 14.9. The van der Waals surface area contributed by atoms with Crippen LogP contribution in [0.4, 0.5) is 0 Å². The van der Waals surface area contributed by atoms with Gasteiger partial charge in [-0.3, -0.25) is 4.98 Å². The molecule has 0 bridgehead atoms. The minimum Gasteiger partial charge on any atom is -0.503 e. The number of rotatable bonds is 5. The van der Waals surface area contributed by atoms with Crippen LogP contribution in [-0.4, -0.2) is 19.1 Å². The first-order chi connectivity index (χ1) is 21.7. The summed E-state index contributed by atoms with van der Waals surface area (Å²) >= 11 is 0. The molecule has 0 unspecified atom stereocenters. The molecule has 0 N–H and O–H groups in total. The van der Waals surface area contributed by atoms with Gasteiger partial charge in [0, 0.05) is 34.5 Å². The number of fused-ring (bicyclic) bond motifs is 3. The molecule has 0 fully saturated rings. The number of hydrogen-bond acceptors (Lipinski definition) is 4. The van der Waals surface area contributed by atoms with Crippen LogP contribution in [0.25, 0.3) is 44.6 Å². The molecular formula is C39H31N5OPt. The van der Waals surface area contributed by atoms with E-state index in [1.165, 1.54) is 11.1 Å². The molecule has 0 amide bonds. The number of ether oxygens (including phenoxy) is 1. The number of hydrogen-bond donors (Lipinski definition) is 0. The maximum Gasteiger partial charge on any atom is 2.00 e. The van der Waals surface area contributed by atoms with E-state index < -0.39 is 0 Å². The summed E-state index contributed by atoms with van der Waals surface area (Å²) in [7, 11) is 0. The fourth-order valence-electron chi connectivity index (χ4n) is 5.94. The van der Waals surface area contributed by atoms with Gasteiger partial charge in [-0.05, 0) is 71.8 Å². The van der Waals surface area contributed by atoms with Gasteiger partial charge in [0.1, 0.15) is 5.82 Å². The molecule has 7 rings (SSSR count). The predicted molar refractivity (Wildman–Crippen MR) is 178 cm³/mol. The monoisotopic (exact) mass is 780 g/mol. The maximum atomic E-state index is 9.97. The van der Waals surface area contributed by atoms with Gasteiger partial charge >= 0.3 is 21.1 Å². The molecule has 0 saturated heterocycles. The fraction of sp³-hybridized carbons (Fsp3) is 0.154. The van der Waals surface area contributed by atoms with Crippen molar-refractivity contribution in [3.63, 3.8) is 0 Å². The summed E-state index contributed by atoms with van der Waals surface area (Å²) < 4.78 is 10.5. The number of nitrogens with zero attached hydrogens (tertiary/aromatic N) is 5. The minimum absolute atomic E-state index is 0. The first kappa shape index (κ1) is 31.0. The molecule has 6 nitrogen and oxygen atoms in total. The Morgan fingerprint density at radius 2 is 1.59 bits per heavy atom. The van der Waals surface area contributed by atoms with Crippen molar-refractivity contribution in [3.8, 4) is 40.3 Å². The van der Waals surface area contributed by atoms with E-state index >= 15 is 0 Å². The second-order valence-corrected chi connectivity index (χ2v) is 12.3. The van der Waals surface area contributed by atoms with E-state index in [1.807, 2.05) is 73.3 Å². The van der Waals surface area contributed by atoms with Gasteiger partial charge in [0.2, 0.25) is 0 Å². The van der Waals surface area contributed by atoms with Crippen molar-refractivity contribution in [2.24, 2.45) is 0 Å². The van der Waals surface area contributed by atoms with Crippen molar-refractivity contribution in [3.05, 3.63) is 132 Å². The summed E-state index contributed by atoms with van der Waals surface area (Å²) in [6.45, 7) is 10.8. The van der Waals surface area contributed by atoms with Crippen molar-refractivity contribution in [1.82, 2.24) is 19.1 Å². The Morgan fingerprint density at radius 3 is 2.35 bits per heavy atom. The molecular weight excluding hydrogens is 750 g/mol. The van der Waals surface area contributed by atoms with Gasteiger partial charge < -0.3 is 13.9 Å². The quantitative estimate of drug-likeness (QED) is 0.164. The normalized spacial score (nSPS) is 11.4. The zero-order valence-electron chi connectivity index (χ0n) is 26.2. The van der Waals surface area contributed by atoms with Crippen molar-refractivity contribution < 1.29 is 25.8 Å². The fourth-order valence-corrected chi connectivity index (χ4v) is 5.94. The van der Waals surface area contributed by atoms with Crippen molar-refractivity contribution in [2.75, 3.05) is 0 Å². The average Bonchev–Trinajstić information content (AvgIpc) is 3.64. The van der Waals surface area contributed by atoms with Crippen LogP contribution in [0, 0.1) is 37.3 Å². The summed E-state index contributed by atoms with van der Waals surface area (Å²) in [4.78, 5) is 9.42. The standard InChI is InChI=1S/C39H31N5O.Pt/c1-25-9-6-10-26(2)38(25)43-23-33(42-24-43)27-11-7-13-30(19-27)45-31-15-16-32-35(21-31)44(34-14-8-12-28(22-40)37(32)34)36-20-29(17-18-41-36)39(3,4)5;/h6-18,20,23-24H,1-5H3;/q-2;+2. The Hall–Kier alpha value is -4.98. The SMILES string of the molecule is Cc1cccc(C)c1-n1cnc(-c2[c-]c(Oc3[c-]c4c(cc3)c3c(C#N)cccc3n4-c3cc(C(C)(C)C)ccn3)ccc2)c1.[Pt+2]. The molecule has 0 atom stereocenters. The van der Waals surface area contributed by atoms with Crippen molar-refractivity contribution in [1.29, 1.82) is 5.26 Å². The third kappa shape index (κ3) is 5.53. The van der Waals surface area contributed by atoms with Crippen LogP contribution < -0.4 is 4.74 Å². The van der Waals surface area contributed by atoms with E-state index in [1.54, 1.807) is 0 Å². The molecule has 7 heteroatoms. The zero-order valence-corrected chi connectivity index (χ0v) is 28.5. The van der Waals surface area contributed by atoms with E-state index in [0.29, 0.717) is 17.1 Å². The molecule has 0 aliphatic heterocycles. The summed E-state index contributed by atoms with van der Waals surface area (Å²) in [5.74, 6) is 1.85. The molecule has 0 saturated carbocycles. The van der Waals surface area contributed by atoms with Gasteiger partial charge in [-0.15, -0.1) is 41.3 Å². The predicted octanol–water partition coefficient (Wildman–Crippen LogP) is 9.21. The molecule has 4 aromatic carbocycles. The van der Waals surface area contributed by atoms with Crippen LogP contribution >= 0.6 is 0 Å². The van der Waals surface area contributed by atoms with Crippen LogP contribution in [0.15, 0.2) is 97.6 Å². The Bertz CT molecular complexity index is 2260. The van der Waals surface area contributed by atoms with Gasteiger partial charge in [-0.2, -0.15) is 11.3 Å². The third-order valence-corrected chi connectivity index (χ3v) is 8.18. The molecule has 228 valence electrons. The smallest absolute Gasteiger partial charge is 0.503 e. The number of nitriles is 1. The number of pyridine rings is 1. The second kappa shape index (κ2) is 12.1. The maximum absolute atomic E-state index is 9.97. The summed E-state index contributed by atoms with van der Waals surface area (Å²) in [6, 6.07) is 35.1. The number of imidazole rings is 1. The Morgan fingerprint density at radius 1 is 0.848 bits per heavy atom. The Balaban J connectivity index is 0.00000372. The second-order valence-electron chi connectivity index (χ2n) is 12.3. The topological polar surface area (TPSA) is 68.7 Å². The average molecular weight is 781 g/mol. The molecule has 0 aliphatic rings. The summed E-state index contributed by atoms with van der Waals surface area (Å²) in [6.07, 6.45) is 5.70. The summed E-state index contributed by atoms with van der Waals surface area (Å²) in [5, 5.41) is 11.7. The molecule has 3 heterocycles. The zero-order chi connectivity index (χ0) is 31.3. The molecule has 7 aromatic rings. The van der Waals surface area contributed by atoms with E-state index in [2.05, 4.69) is 91.2 Å².